The molecule has 6 nitrogen and oxygen atoms in total. The van der Waals surface area contributed by atoms with Crippen LogP contribution in [0.3, 0.4) is 0 Å². The molecule has 1 aromatic rings. The number of carboxylic acids is 1. The molecular weight excluding hydrogens is 248 g/mol. The van der Waals surface area contributed by atoms with Crippen LogP contribution in [0.15, 0.2) is 17.1 Å². The zero-order valence-electron chi connectivity index (χ0n) is 11.3. The lowest BCUT2D eigenvalue weighted by Gasteiger charge is -2.13. The van der Waals surface area contributed by atoms with Gasteiger partial charge in [-0.2, -0.15) is 0 Å². The number of aromatic carboxylic acids is 1. The van der Waals surface area contributed by atoms with Gasteiger partial charge in [-0.1, -0.05) is 0 Å². The number of rotatable bonds is 5. The lowest BCUT2D eigenvalue weighted by molar-refractivity contribution is -0.128. The number of amides is 1. The highest BCUT2D eigenvalue weighted by atomic mass is 16.4. The topological polar surface area (TPSA) is 79.6 Å². The fourth-order valence-electron chi connectivity index (χ4n) is 1.70. The Balaban J connectivity index is 2.79. The molecule has 0 radical (unpaired) electrons. The van der Waals surface area contributed by atoms with Crippen LogP contribution in [0, 0.1) is 6.92 Å². The Morgan fingerprint density at radius 2 is 2.00 bits per heavy atom. The molecule has 1 N–H and O–H groups in total. The van der Waals surface area contributed by atoms with Crippen molar-refractivity contribution in [1.29, 1.82) is 0 Å². The summed E-state index contributed by atoms with van der Waals surface area (Å²) in [6.07, 6.45) is 2.32. The van der Waals surface area contributed by atoms with Gasteiger partial charge >= 0.3 is 5.97 Å². The number of pyridine rings is 1. The van der Waals surface area contributed by atoms with Gasteiger partial charge in [0.15, 0.2) is 5.43 Å². The second-order valence-electron chi connectivity index (χ2n) is 4.58. The van der Waals surface area contributed by atoms with Crippen molar-refractivity contribution in [3.8, 4) is 0 Å². The first-order valence-electron chi connectivity index (χ1n) is 5.97. The van der Waals surface area contributed by atoms with E-state index in [1.807, 2.05) is 0 Å². The van der Waals surface area contributed by atoms with E-state index in [9.17, 15) is 14.4 Å². The molecule has 0 aromatic carbocycles. The molecule has 1 amide bonds. The molecule has 1 rings (SSSR count). The van der Waals surface area contributed by atoms with Crippen LogP contribution in [0.1, 0.15) is 28.9 Å². The molecule has 0 unspecified atom stereocenters. The van der Waals surface area contributed by atoms with Gasteiger partial charge < -0.3 is 14.6 Å². The largest absolute Gasteiger partial charge is 0.477 e. The van der Waals surface area contributed by atoms with Crippen LogP contribution < -0.4 is 5.43 Å². The normalized spacial score (nSPS) is 10.3. The maximum Gasteiger partial charge on any atom is 0.341 e. The summed E-state index contributed by atoms with van der Waals surface area (Å²) in [5.41, 5.74) is -0.0533. The smallest absolute Gasteiger partial charge is 0.341 e. The molecule has 0 atom stereocenters. The van der Waals surface area contributed by atoms with E-state index < -0.39 is 11.4 Å². The van der Waals surface area contributed by atoms with E-state index in [-0.39, 0.29) is 11.5 Å². The van der Waals surface area contributed by atoms with E-state index in [1.165, 1.54) is 17.2 Å². The summed E-state index contributed by atoms with van der Waals surface area (Å²) in [6.45, 7) is 2.24. The van der Waals surface area contributed by atoms with Gasteiger partial charge in [0.05, 0.1) is 0 Å². The van der Waals surface area contributed by atoms with E-state index in [0.29, 0.717) is 25.1 Å². The maximum absolute atomic E-state index is 11.5. The average molecular weight is 266 g/mol. The van der Waals surface area contributed by atoms with E-state index in [0.717, 1.165) is 0 Å². The third kappa shape index (κ3) is 3.94. The van der Waals surface area contributed by atoms with Crippen molar-refractivity contribution < 1.29 is 14.7 Å². The van der Waals surface area contributed by atoms with Crippen LogP contribution in [0.2, 0.25) is 0 Å². The minimum Gasteiger partial charge on any atom is -0.477 e. The van der Waals surface area contributed by atoms with Crippen LogP contribution in [-0.2, 0) is 11.3 Å². The SMILES string of the molecule is Cc1cc(=O)c(C(=O)O)cn1CCCC(=O)N(C)C. The quantitative estimate of drug-likeness (QED) is 0.851. The van der Waals surface area contributed by atoms with Gasteiger partial charge in [0.1, 0.15) is 5.56 Å². The number of carboxylic acid groups (broad SMARTS) is 1. The van der Waals surface area contributed by atoms with Gasteiger partial charge in [0.25, 0.3) is 0 Å². The molecule has 0 fully saturated rings. The highest BCUT2D eigenvalue weighted by Crippen LogP contribution is 2.04. The van der Waals surface area contributed by atoms with Gasteiger partial charge in [-0.05, 0) is 13.3 Å². The summed E-state index contributed by atoms with van der Waals surface area (Å²) in [5.74, 6) is -1.21. The van der Waals surface area contributed by atoms with E-state index >= 15 is 0 Å². The van der Waals surface area contributed by atoms with Crippen molar-refractivity contribution >= 4 is 11.9 Å². The predicted molar refractivity (Wildman–Crippen MR) is 70.3 cm³/mol. The summed E-state index contributed by atoms with van der Waals surface area (Å²) in [6, 6.07) is 1.30. The maximum atomic E-state index is 11.5. The Morgan fingerprint density at radius 1 is 1.37 bits per heavy atom. The zero-order valence-corrected chi connectivity index (χ0v) is 11.3. The number of aromatic nitrogens is 1. The van der Waals surface area contributed by atoms with Crippen molar-refractivity contribution in [3.63, 3.8) is 0 Å². The van der Waals surface area contributed by atoms with Crippen LogP contribution in [-0.4, -0.2) is 40.5 Å². The number of nitrogens with zero attached hydrogens (tertiary/aromatic N) is 2. The van der Waals surface area contributed by atoms with E-state index in [4.69, 9.17) is 5.11 Å². The highest BCUT2D eigenvalue weighted by Gasteiger charge is 2.11. The van der Waals surface area contributed by atoms with Crippen molar-refractivity contribution in [1.82, 2.24) is 9.47 Å². The van der Waals surface area contributed by atoms with Crippen molar-refractivity contribution in [3.05, 3.63) is 33.7 Å². The number of aryl methyl sites for hydroxylation is 2. The molecule has 0 spiro atoms. The fourth-order valence-corrected chi connectivity index (χ4v) is 1.70. The third-order valence-corrected chi connectivity index (χ3v) is 2.86. The van der Waals surface area contributed by atoms with Crippen molar-refractivity contribution in [2.75, 3.05) is 14.1 Å². The Labute approximate surface area is 111 Å². The number of carbonyl (C=O) groups excluding carboxylic acids is 1. The first-order valence-corrected chi connectivity index (χ1v) is 5.97. The molecule has 0 bridgehead atoms. The Morgan fingerprint density at radius 3 is 2.53 bits per heavy atom. The minimum atomic E-state index is -1.23. The van der Waals surface area contributed by atoms with Gasteiger partial charge in [0, 0.05) is 45.0 Å². The predicted octanol–water partition coefficient (Wildman–Crippen LogP) is 0.723. The second-order valence-corrected chi connectivity index (χ2v) is 4.58. The van der Waals surface area contributed by atoms with Crippen LogP contribution in [0.4, 0.5) is 0 Å². The van der Waals surface area contributed by atoms with Gasteiger partial charge in [-0.25, -0.2) is 4.79 Å². The van der Waals surface area contributed by atoms with Crippen LogP contribution in [0.5, 0.6) is 0 Å². The molecule has 1 aromatic heterocycles. The van der Waals surface area contributed by atoms with E-state index in [2.05, 4.69) is 0 Å². The molecule has 0 saturated heterocycles. The first kappa shape index (κ1) is 14.9. The highest BCUT2D eigenvalue weighted by molar-refractivity contribution is 5.87. The first-order chi connectivity index (χ1) is 8.82. The standard InChI is InChI=1S/C13H18N2O4/c1-9-7-11(16)10(13(18)19)8-15(9)6-4-5-12(17)14(2)3/h7-8H,4-6H2,1-3H3,(H,18,19). The summed E-state index contributed by atoms with van der Waals surface area (Å²) < 4.78 is 1.69. The summed E-state index contributed by atoms with van der Waals surface area (Å²) in [4.78, 5) is 35.3. The summed E-state index contributed by atoms with van der Waals surface area (Å²) in [5, 5.41) is 8.89. The number of hydrogen-bond acceptors (Lipinski definition) is 3. The second kappa shape index (κ2) is 6.17. The lowest BCUT2D eigenvalue weighted by atomic mass is 10.2. The van der Waals surface area contributed by atoms with Crippen LogP contribution in [0.25, 0.3) is 0 Å². The Bertz CT molecular complexity index is 546. The third-order valence-electron chi connectivity index (χ3n) is 2.86. The van der Waals surface area contributed by atoms with Gasteiger partial charge in [-0.15, -0.1) is 0 Å². The average Bonchev–Trinajstić information content (AvgIpc) is 2.30. The van der Waals surface area contributed by atoms with Crippen molar-refractivity contribution in [2.24, 2.45) is 0 Å². The van der Waals surface area contributed by atoms with Crippen molar-refractivity contribution in [2.45, 2.75) is 26.3 Å². The summed E-state index contributed by atoms with van der Waals surface area (Å²) in [7, 11) is 3.38. The fraction of sp³-hybridized carbons (Fsp3) is 0.462. The molecule has 0 aliphatic carbocycles. The molecule has 6 heteroatoms. The molecule has 0 saturated carbocycles. The molecule has 1 heterocycles. The van der Waals surface area contributed by atoms with Crippen LogP contribution >= 0.6 is 0 Å². The molecule has 19 heavy (non-hydrogen) atoms. The van der Waals surface area contributed by atoms with Gasteiger partial charge in [-0.3, -0.25) is 9.59 Å². The monoisotopic (exact) mass is 266 g/mol. The Kier molecular flexibility index (Phi) is 4.86. The lowest BCUT2D eigenvalue weighted by Crippen LogP contribution is -2.22. The molecular formula is C13H18N2O4. The Hall–Kier alpha value is -2.11. The molecule has 0 aliphatic rings. The summed E-state index contributed by atoms with van der Waals surface area (Å²) >= 11 is 0. The van der Waals surface area contributed by atoms with E-state index in [1.54, 1.807) is 25.6 Å². The molecule has 0 aliphatic heterocycles. The zero-order chi connectivity index (χ0) is 14.6. The number of hydrogen-bond donors (Lipinski definition) is 1. The minimum absolute atomic E-state index is 0.0251. The molecule has 104 valence electrons. The number of carbonyl (C=O) groups is 2. The van der Waals surface area contributed by atoms with Gasteiger partial charge in [0.2, 0.25) is 5.91 Å².